The van der Waals surface area contributed by atoms with E-state index in [1.54, 1.807) is 17.4 Å². The van der Waals surface area contributed by atoms with Gasteiger partial charge in [0.15, 0.2) is 0 Å². The Balaban J connectivity index is 1.45. The second-order valence-corrected chi connectivity index (χ2v) is 9.27. The molecule has 2 bridgehead atoms. The van der Waals surface area contributed by atoms with Crippen molar-refractivity contribution in [2.45, 2.75) is 51.2 Å². The quantitative estimate of drug-likeness (QED) is 0.738. The van der Waals surface area contributed by atoms with Crippen LogP contribution in [-0.2, 0) is 23.2 Å². The summed E-state index contributed by atoms with van der Waals surface area (Å²) in [6, 6.07) is 1.56. The molecule has 2 amide bonds. The lowest BCUT2D eigenvalue weighted by molar-refractivity contribution is -0.160. The number of aromatic nitrogens is 3. The molecule has 166 valence electrons. The maximum atomic E-state index is 13.7. The maximum Gasteiger partial charge on any atom is 0.245 e. The van der Waals surface area contributed by atoms with Crippen LogP contribution < -0.4 is 4.90 Å². The molecule has 0 N–H and O–H groups in total. The van der Waals surface area contributed by atoms with Crippen LogP contribution in [0.2, 0.25) is 0 Å². The van der Waals surface area contributed by atoms with E-state index < -0.39 is 6.04 Å². The lowest BCUT2D eigenvalue weighted by Gasteiger charge is -2.56. The standard InChI is InChI=1S/C22H30N6O3/c1-14-23-22(26(3)24-14)27-11-16-9-17(12-27)20(28-18(16)5-4-6-19(28)29)21(30)25(2)10-15-7-8-31-13-15/h7-8,13,16-18,20H,4-6,9-12H2,1-3H3/t16-,17+,18-,20+/m0/s1. The van der Waals surface area contributed by atoms with Gasteiger partial charge in [0, 0.05) is 57.7 Å². The monoisotopic (exact) mass is 426 g/mol. The van der Waals surface area contributed by atoms with Gasteiger partial charge in [-0.05, 0) is 38.2 Å². The Hall–Kier alpha value is -2.84. The van der Waals surface area contributed by atoms with Gasteiger partial charge in [0.25, 0.3) is 0 Å². The third kappa shape index (κ3) is 3.49. The van der Waals surface area contributed by atoms with Crippen molar-refractivity contribution >= 4 is 17.8 Å². The van der Waals surface area contributed by atoms with Crippen molar-refractivity contribution in [1.82, 2.24) is 24.6 Å². The second kappa shape index (κ2) is 7.69. The van der Waals surface area contributed by atoms with Crippen molar-refractivity contribution in [3.8, 4) is 0 Å². The first-order chi connectivity index (χ1) is 14.9. The van der Waals surface area contributed by atoms with Crippen molar-refractivity contribution in [1.29, 1.82) is 0 Å². The molecule has 2 aromatic heterocycles. The number of aryl methyl sites for hydroxylation is 2. The average molecular weight is 427 g/mol. The number of anilines is 1. The summed E-state index contributed by atoms with van der Waals surface area (Å²) in [6.07, 6.45) is 6.65. The zero-order valence-electron chi connectivity index (χ0n) is 18.4. The Morgan fingerprint density at radius 2 is 2.13 bits per heavy atom. The first kappa shape index (κ1) is 20.1. The van der Waals surface area contributed by atoms with Crippen molar-refractivity contribution in [2.24, 2.45) is 18.9 Å². The van der Waals surface area contributed by atoms with Crippen molar-refractivity contribution < 1.29 is 14.0 Å². The van der Waals surface area contributed by atoms with E-state index in [1.165, 1.54) is 0 Å². The minimum absolute atomic E-state index is 0.0147. The topological polar surface area (TPSA) is 87.7 Å². The van der Waals surface area contributed by atoms with E-state index in [-0.39, 0.29) is 23.8 Å². The molecule has 5 rings (SSSR count). The van der Waals surface area contributed by atoms with Gasteiger partial charge in [0.1, 0.15) is 11.9 Å². The summed E-state index contributed by atoms with van der Waals surface area (Å²) in [4.78, 5) is 37.3. The van der Waals surface area contributed by atoms with Gasteiger partial charge >= 0.3 is 0 Å². The van der Waals surface area contributed by atoms with Gasteiger partial charge < -0.3 is 19.1 Å². The number of hydrogen-bond donors (Lipinski definition) is 0. The highest BCUT2D eigenvalue weighted by atomic mass is 16.3. The summed E-state index contributed by atoms with van der Waals surface area (Å²) in [5.74, 6) is 2.16. The van der Waals surface area contributed by atoms with E-state index in [9.17, 15) is 9.59 Å². The van der Waals surface area contributed by atoms with Gasteiger partial charge in [-0.3, -0.25) is 9.59 Å². The highest BCUT2D eigenvalue weighted by Crippen LogP contribution is 2.43. The number of piperidine rings is 3. The Morgan fingerprint density at radius 3 is 2.84 bits per heavy atom. The number of nitrogens with zero attached hydrogens (tertiary/aromatic N) is 6. The molecule has 0 radical (unpaired) electrons. The lowest BCUT2D eigenvalue weighted by atomic mass is 9.71. The van der Waals surface area contributed by atoms with Gasteiger partial charge in [0.2, 0.25) is 17.8 Å². The van der Waals surface area contributed by atoms with E-state index in [0.717, 1.165) is 43.1 Å². The van der Waals surface area contributed by atoms with Crippen LogP contribution in [0, 0.1) is 18.8 Å². The van der Waals surface area contributed by atoms with E-state index in [2.05, 4.69) is 15.0 Å². The van der Waals surface area contributed by atoms with Crippen molar-refractivity contribution in [3.05, 3.63) is 30.0 Å². The molecule has 0 saturated carbocycles. The highest BCUT2D eigenvalue weighted by Gasteiger charge is 2.52. The molecule has 9 heteroatoms. The largest absolute Gasteiger partial charge is 0.472 e. The van der Waals surface area contributed by atoms with Gasteiger partial charge in [-0.2, -0.15) is 10.1 Å². The first-order valence-corrected chi connectivity index (χ1v) is 11.1. The number of hydrogen-bond acceptors (Lipinski definition) is 6. The molecule has 31 heavy (non-hydrogen) atoms. The minimum atomic E-state index is -0.428. The molecule has 3 saturated heterocycles. The average Bonchev–Trinajstić information content (AvgIpc) is 3.37. The second-order valence-electron chi connectivity index (χ2n) is 9.27. The fraction of sp³-hybridized carbons (Fsp3) is 0.636. The van der Waals surface area contributed by atoms with Crippen LogP contribution in [0.3, 0.4) is 0 Å². The Kier molecular flexibility index (Phi) is 4.98. The van der Waals surface area contributed by atoms with Crippen LogP contribution in [0.1, 0.15) is 37.1 Å². The number of likely N-dealkylation sites (N-methyl/N-ethyl adjacent to an activating group) is 1. The summed E-state index contributed by atoms with van der Waals surface area (Å²) in [7, 11) is 3.73. The number of rotatable bonds is 4. The first-order valence-electron chi connectivity index (χ1n) is 11.1. The van der Waals surface area contributed by atoms with Gasteiger partial charge in [-0.15, -0.1) is 0 Å². The predicted octanol–water partition coefficient (Wildman–Crippen LogP) is 1.58. The third-order valence-corrected chi connectivity index (χ3v) is 7.10. The molecule has 0 unspecified atom stereocenters. The molecule has 9 nitrogen and oxygen atoms in total. The predicted molar refractivity (Wildman–Crippen MR) is 113 cm³/mol. The van der Waals surface area contributed by atoms with Crippen LogP contribution in [0.5, 0.6) is 0 Å². The number of furan rings is 1. The number of fused-ring (bicyclic) bond motifs is 4. The van der Waals surface area contributed by atoms with Crippen LogP contribution in [0.4, 0.5) is 5.95 Å². The third-order valence-electron chi connectivity index (χ3n) is 7.10. The van der Waals surface area contributed by atoms with Crippen LogP contribution in [-0.4, -0.2) is 68.6 Å². The highest BCUT2D eigenvalue weighted by molar-refractivity contribution is 5.89. The van der Waals surface area contributed by atoms with Crippen molar-refractivity contribution in [3.63, 3.8) is 0 Å². The smallest absolute Gasteiger partial charge is 0.245 e. The number of carbonyl (C=O) groups is 2. The molecule has 5 heterocycles. The van der Waals surface area contributed by atoms with Gasteiger partial charge in [0.05, 0.1) is 12.5 Å². The fourth-order valence-corrected chi connectivity index (χ4v) is 5.87. The Bertz CT molecular complexity index is 970. The van der Waals surface area contributed by atoms with Crippen LogP contribution in [0.15, 0.2) is 23.0 Å². The number of carbonyl (C=O) groups excluding carboxylic acids is 2. The summed E-state index contributed by atoms with van der Waals surface area (Å²) >= 11 is 0. The molecule has 2 aromatic rings. The molecule has 0 spiro atoms. The lowest BCUT2D eigenvalue weighted by Crippen LogP contribution is -2.68. The SMILES string of the molecule is Cc1nc(N2C[C@@H]3C[C@H](C2)[C@H](C(=O)N(C)Cc2ccoc2)N2C(=O)CCC[C@@H]32)n(C)n1. The number of amides is 2. The van der Waals surface area contributed by atoms with Crippen LogP contribution in [0.25, 0.3) is 0 Å². The molecule has 0 aromatic carbocycles. The molecular weight excluding hydrogens is 396 g/mol. The Labute approximate surface area is 182 Å². The maximum absolute atomic E-state index is 13.7. The zero-order chi connectivity index (χ0) is 21.7. The fourth-order valence-electron chi connectivity index (χ4n) is 5.87. The van der Waals surface area contributed by atoms with E-state index in [1.807, 2.05) is 36.7 Å². The van der Waals surface area contributed by atoms with E-state index in [0.29, 0.717) is 25.4 Å². The van der Waals surface area contributed by atoms with Gasteiger partial charge in [-0.25, -0.2) is 4.68 Å². The van der Waals surface area contributed by atoms with E-state index >= 15 is 0 Å². The summed E-state index contributed by atoms with van der Waals surface area (Å²) in [6.45, 7) is 3.92. The van der Waals surface area contributed by atoms with E-state index in [4.69, 9.17) is 4.42 Å². The normalized spacial score (nSPS) is 27.9. The Morgan fingerprint density at radius 1 is 1.32 bits per heavy atom. The zero-order valence-corrected chi connectivity index (χ0v) is 18.4. The van der Waals surface area contributed by atoms with Crippen LogP contribution >= 0.6 is 0 Å². The summed E-state index contributed by atoms with van der Waals surface area (Å²) in [5, 5.41) is 4.41. The molecule has 0 aliphatic carbocycles. The molecular formula is C22H30N6O3. The van der Waals surface area contributed by atoms with Gasteiger partial charge in [-0.1, -0.05) is 0 Å². The van der Waals surface area contributed by atoms with Crippen molar-refractivity contribution in [2.75, 3.05) is 25.0 Å². The summed E-state index contributed by atoms with van der Waals surface area (Å²) < 4.78 is 6.98. The molecule has 4 atom stereocenters. The molecule has 3 aliphatic heterocycles. The minimum Gasteiger partial charge on any atom is -0.472 e. The molecule has 3 aliphatic rings. The molecule has 3 fully saturated rings. The summed E-state index contributed by atoms with van der Waals surface area (Å²) in [5.41, 5.74) is 0.950.